The topological polar surface area (TPSA) is 64.1 Å². The highest BCUT2D eigenvalue weighted by molar-refractivity contribution is 5.80. The first-order valence-corrected chi connectivity index (χ1v) is 8.37. The van der Waals surface area contributed by atoms with Gasteiger partial charge in [0, 0.05) is 32.7 Å². The third-order valence-electron chi connectivity index (χ3n) is 3.88. The molecule has 1 heterocycles. The summed E-state index contributed by atoms with van der Waals surface area (Å²) in [6.45, 7) is 6.74. The maximum absolute atomic E-state index is 6.07. The first-order chi connectivity index (χ1) is 11.6. The minimum Gasteiger partial charge on any atom is -0.487 e. The zero-order chi connectivity index (χ0) is 17.4. The molecule has 134 valence electrons. The molecule has 2 rings (SSSR count). The van der Waals surface area contributed by atoms with Crippen LogP contribution in [0.5, 0.6) is 5.75 Å². The van der Waals surface area contributed by atoms with Crippen molar-refractivity contribution in [3.8, 4) is 5.75 Å². The lowest BCUT2D eigenvalue weighted by atomic mass is 9.90. The van der Waals surface area contributed by atoms with Crippen LogP contribution in [0.3, 0.4) is 0 Å². The normalized spacial score (nSPS) is 19.3. The third kappa shape index (κ3) is 5.39. The highest BCUT2D eigenvalue weighted by atomic mass is 16.5. The molecule has 0 spiro atoms. The highest BCUT2D eigenvalue weighted by Crippen LogP contribution is 2.39. The lowest BCUT2D eigenvalue weighted by Gasteiger charge is -2.38. The molecule has 1 atom stereocenters. The van der Waals surface area contributed by atoms with Crippen molar-refractivity contribution in [2.24, 2.45) is 4.99 Å². The third-order valence-corrected chi connectivity index (χ3v) is 3.88. The fourth-order valence-electron chi connectivity index (χ4n) is 2.78. The van der Waals surface area contributed by atoms with E-state index in [0.717, 1.165) is 23.7 Å². The Kier molecular flexibility index (Phi) is 6.87. The van der Waals surface area contributed by atoms with Crippen LogP contribution in [0.2, 0.25) is 0 Å². The molecule has 0 bridgehead atoms. The number of methoxy groups -OCH3 is 1. The quantitative estimate of drug-likeness (QED) is 0.454. The molecule has 6 heteroatoms. The molecule has 1 aliphatic rings. The van der Waals surface area contributed by atoms with Crippen molar-refractivity contribution in [3.05, 3.63) is 29.8 Å². The molecule has 1 aromatic carbocycles. The fraction of sp³-hybridized carbons (Fsp3) is 0.611. The van der Waals surface area contributed by atoms with Gasteiger partial charge in [0.1, 0.15) is 11.4 Å². The number of nitrogens with one attached hydrogen (secondary N) is 2. The summed E-state index contributed by atoms with van der Waals surface area (Å²) in [7, 11) is 3.44. The van der Waals surface area contributed by atoms with Gasteiger partial charge in [0.05, 0.1) is 25.9 Å². The van der Waals surface area contributed by atoms with Crippen molar-refractivity contribution in [1.82, 2.24) is 10.6 Å². The van der Waals surface area contributed by atoms with Crippen molar-refractivity contribution >= 4 is 5.96 Å². The predicted molar refractivity (Wildman–Crippen MR) is 95.7 cm³/mol. The summed E-state index contributed by atoms with van der Waals surface area (Å²) < 4.78 is 16.5. The van der Waals surface area contributed by atoms with Gasteiger partial charge in [-0.05, 0) is 19.9 Å². The second-order valence-electron chi connectivity index (χ2n) is 6.40. The summed E-state index contributed by atoms with van der Waals surface area (Å²) in [6, 6.07) is 8.32. The number of rotatable bonds is 7. The zero-order valence-electron chi connectivity index (χ0n) is 15.1. The van der Waals surface area contributed by atoms with Gasteiger partial charge in [0.2, 0.25) is 0 Å². The molecular formula is C18H29N3O3. The molecule has 0 amide bonds. The number of hydrogen-bond donors (Lipinski definition) is 2. The van der Waals surface area contributed by atoms with Gasteiger partial charge >= 0.3 is 0 Å². The van der Waals surface area contributed by atoms with E-state index in [9.17, 15) is 0 Å². The zero-order valence-corrected chi connectivity index (χ0v) is 15.1. The average Bonchev–Trinajstić information content (AvgIpc) is 2.55. The predicted octanol–water partition coefficient (Wildman–Crippen LogP) is 2.12. The molecule has 6 nitrogen and oxygen atoms in total. The fourth-order valence-corrected chi connectivity index (χ4v) is 2.78. The highest BCUT2D eigenvalue weighted by Gasteiger charge is 2.33. The second kappa shape index (κ2) is 8.89. The summed E-state index contributed by atoms with van der Waals surface area (Å²) in [5.41, 5.74) is 0.949. The number of fused-ring (bicyclic) bond motifs is 1. The number of hydrogen-bond acceptors (Lipinski definition) is 4. The Morgan fingerprint density at radius 1 is 1.29 bits per heavy atom. The molecule has 1 aliphatic heterocycles. The number of aliphatic imine (C=N–C) groups is 1. The van der Waals surface area contributed by atoms with Crippen molar-refractivity contribution < 1.29 is 14.2 Å². The SMILES string of the molecule is CN=C(NCCOCCOC)NC1CC(C)(C)Oc2ccccc21. The molecule has 1 aromatic rings. The van der Waals surface area contributed by atoms with Gasteiger partial charge in [-0.3, -0.25) is 4.99 Å². The Morgan fingerprint density at radius 3 is 2.83 bits per heavy atom. The molecule has 1 unspecified atom stereocenters. The van der Waals surface area contributed by atoms with Crippen LogP contribution in [0.25, 0.3) is 0 Å². The largest absolute Gasteiger partial charge is 0.487 e. The summed E-state index contributed by atoms with van der Waals surface area (Å²) >= 11 is 0. The maximum atomic E-state index is 6.07. The van der Waals surface area contributed by atoms with Crippen LogP contribution in [0.15, 0.2) is 29.3 Å². The minimum atomic E-state index is -0.214. The Labute approximate surface area is 144 Å². The average molecular weight is 335 g/mol. The van der Waals surface area contributed by atoms with Gasteiger partial charge in [-0.2, -0.15) is 0 Å². The van der Waals surface area contributed by atoms with Crippen LogP contribution < -0.4 is 15.4 Å². The van der Waals surface area contributed by atoms with Gasteiger partial charge < -0.3 is 24.8 Å². The Morgan fingerprint density at radius 2 is 2.08 bits per heavy atom. The van der Waals surface area contributed by atoms with Crippen molar-refractivity contribution in [2.45, 2.75) is 31.9 Å². The van der Waals surface area contributed by atoms with Gasteiger partial charge in [0.15, 0.2) is 5.96 Å². The maximum Gasteiger partial charge on any atom is 0.191 e. The van der Waals surface area contributed by atoms with E-state index in [-0.39, 0.29) is 11.6 Å². The van der Waals surface area contributed by atoms with Crippen molar-refractivity contribution in [1.29, 1.82) is 0 Å². The van der Waals surface area contributed by atoms with E-state index in [1.165, 1.54) is 0 Å². The Hall–Kier alpha value is -1.79. The molecule has 24 heavy (non-hydrogen) atoms. The first-order valence-electron chi connectivity index (χ1n) is 8.37. The van der Waals surface area contributed by atoms with Crippen LogP contribution in [0.1, 0.15) is 31.9 Å². The summed E-state index contributed by atoms with van der Waals surface area (Å²) in [5.74, 6) is 1.70. The van der Waals surface area contributed by atoms with Crippen LogP contribution in [-0.2, 0) is 9.47 Å². The van der Waals surface area contributed by atoms with E-state index in [1.54, 1.807) is 14.2 Å². The monoisotopic (exact) mass is 335 g/mol. The number of ether oxygens (including phenoxy) is 3. The van der Waals surface area contributed by atoms with Crippen molar-refractivity contribution in [2.75, 3.05) is 40.5 Å². The molecule has 0 saturated heterocycles. The van der Waals surface area contributed by atoms with E-state index >= 15 is 0 Å². The molecule has 0 aliphatic carbocycles. The summed E-state index contributed by atoms with van der Waals surface area (Å²) in [6.07, 6.45) is 0.870. The van der Waals surface area contributed by atoms with Gasteiger partial charge in [-0.15, -0.1) is 0 Å². The smallest absolute Gasteiger partial charge is 0.191 e. The molecular weight excluding hydrogens is 306 g/mol. The van der Waals surface area contributed by atoms with Crippen LogP contribution in [-0.4, -0.2) is 52.1 Å². The van der Waals surface area contributed by atoms with Crippen molar-refractivity contribution in [3.63, 3.8) is 0 Å². The molecule has 0 radical (unpaired) electrons. The van der Waals surface area contributed by atoms with E-state index in [0.29, 0.717) is 26.4 Å². The molecule has 0 saturated carbocycles. The summed E-state index contributed by atoms with van der Waals surface area (Å²) in [5, 5.41) is 6.78. The van der Waals surface area contributed by atoms with Crippen LogP contribution >= 0.6 is 0 Å². The Bertz CT molecular complexity index is 546. The van der Waals surface area contributed by atoms with Gasteiger partial charge in [-0.25, -0.2) is 0 Å². The lowest BCUT2D eigenvalue weighted by Crippen LogP contribution is -2.46. The van der Waals surface area contributed by atoms with E-state index in [4.69, 9.17) is 14.2 Å². The first kappa shape index (κ1) is 18.5. The van der Waals surface area contributed by atoms with E-state index in [1.807, 2.05) is 18.2 Å². The Balaban J connectivity index is 1.91. The summed E-state index contributed by atoms with van der Waals surface area (Å²) in [4.78, 5) is 4.31. The second-order valence-corrected chi connectivity index (χ2v) is 6.40. The molecule has 0 fully saturated rings. The standard InChI is InChI=1S/C18H29N3O3/c1-18(2)13-15(14-7-5-6-8-16(14)24-18)21-17(19-3)20-9-10-23-12-11-22-4/h5-8,15H,9-13H2,1-4H3,(H2,19,20,21). The number of benzene rings is 1. The van der Waals surface area contributed by atoms with E-state index < -0.39 is 0 Å². The number of para-hydroxylation sites is 1. The van der Waals surface area contributed by atoms with Crippen LogP contribution in [0.4, 0.5) is 0 Å². The lowest BCUT2D eigenvalue weighted by molar-refractivity contribution is 0.0687. The molecule has 2 N–H and O–H groups in total. The van der Waals surface area contributed by atoms with Crippen LogP contribution in [0, 0.1) is 0 Å². The molecule has 0 aromatic heterocycles. The number of nitrogens with zero attached hydrogens (tertiary/aromatic N) is 1. The number of guanidine groups is 1. The van der Waals surface area contributed by atoms with Gasteiger partial charge in [0.25, 0.3) is 0 Å². The van der Waals surface area contributed by atoms with E-state index in [2.05, 4.69) is 35.5 Å². The minimum absolute atomic E-state index is 0.158. The van der Waals surface area contributed by atoms with Gasteiger partial charge in [-0.1, -0.05) is 18.2 Å².